The minimum Gasteiger partial charge on any atom is -0.319 e. The van der Waals surface area contributed by atoms with Crippen molar-refractivity contribution in [2.75, 3.05) is 0 Å². The summed E-state index contributed by atoms with van der Waals surface area (Å²) in [5, 5.41) is 4.02. The summed E-state index contributed by atoms with van der Waals surface area (Å²) < 4.78 is 15.4. The van der Waals surface area contributed by atoms with E-state index in [0.717, 1.165) is 11.3 Å². The van der Waals surface area contributed by atoms with Gasteiger partial charge in [0.2, 0.25) is 0 Å². The first-order valence-electron chi connectivity index (χ1n) is 5.09. The Labute approximate surface area is 93.7 Å². The molecular weight excluding hydrogens is 205 g/mol. The van der Waals surface area contributed by atoms with Crippen LogP contribution in [0.2, 0.25) is 0 Å². The van der Waals surface area contributed by atoms with Gasteiger partial charge in [-0.15, -0.1) is 0 Å². The van der Waals surface area contributed by atoms with Crippen LogP contribution < -0.4 is 5.73 Å². The smallest absolute Gasteiger partial charge is 0.128 e. The zero-order valence-electron chi connectivity index (χ0n) is 9.31. The molecule has 0 radical (unpaired) electrons. The van der Waals surface area contributed by atoms with Crippen LogP contribution in [0.4, 0.5) is 4.39 Å². The Balaban J connectivity index is 2.41. The van der Waals surface area contributed by atoms with Crippen LogP contribution >= 0.6 is 0 Å². The lowest BCUT2D eigenvalue weighted by Gasteiger charge is -2.13. The molecule has 0 spiro atoms. The van der Waals surface area contributed by atoms with Gasteiger partial charge in [0.25, 0.3) is 0 Å². The standard InChI is InChI=1S/C12H14FN3/c1-8-3-4-9(10(13)7-8)12(14)11-5-6-15-16(11)2/h3-7,12H,14H2,1-2H3. The van der Waals surface area contributed by atoms with E-state index in [4.69, 9.17) is 5.73 Å². The van der Waals surface area contributed by atoms with Gasteiger partial charge in [0.1, 0.15) is 5.82 Å². The fraction of sp³-hybridized carbons (Fsp3) is 0.250. The summed E-state index contributed by atoms with van der Waals surface area (Å²) in [6, 6.07) is 6.39. The molecule has 3 nitrogen and oxygen atoms in total. The molecule has 0 aliphatic heterocycles. The fourth-order valence-corrected chi connectivity index (χ4v) is 1.73. The summed E-state index contributed by atoms with van der Waals surface area (Å²) in [5.41, 5.74) is 8.19. The lowest BCUT2D eigenvalue weighted by molar-refractivity contribution is 0.585. The number of halogens is 1. The number of aryl methyl sites for hydroxylation is 2. The van der Waals surface area contributed by atoms with Gasteiger partial charge in [-0.2, -0.15) is 5.10 Å². The Bertz CT molecular complexity index is 505. The molecule has 1 aromatic carbocycles. The lowest BCUT2D eigenvalue weighted by atomic mass is 10.0. The number of hydrogen-bond donors (Lipinski definition) is 1. The first-order chi connectivity index (χ1) is 7.59. The van der Waals surface area contributed by atoms with Gasteiger partial charge >= 0.3 is 0 Å². The molecular formula is C12H14FN3. The van der Waals surface area contributed by atoms with Gasteiger partial charge in [0.05, 0.1) is 11.7 Å². The van der Waals surface area contributed by atoms with Crippen molar-refractivity contribution < 1.29 is 4.39 Å². The number of nitrogens with two attached hydrogens (primary N) is 1. The Morgan fingerprint density at radius 3 is 2.69 bits per heavy atom. The van der Waals surface area contributed by atoms with Gasteiger partial charge in [0.15, 0.2) is 0 Å². The summed E-state index contributed by atoms with van der Waals surface area (Å²) in [6.45, 7) is 1.85. The molecule has 0 saturated heterocycles. The number of benzene rings is 1. The molecule has 0 aliphatic rings. The van der Waals surface area contributed by atoms with Crippen LogP contribution in [0.3, 0.4) is 0 Å². The molecule has 2 aromatic rings. The monoisotopic (exact) mass is 219 g/mol. The minimum absolute atomic E-state index is 0.270. The Hall–Kier alpha value is -1.68. The van der Waals surface area contributed by atoms with Gasteiger partial charge in [0, 0.05) is 18.8 Å². The zero-order chi connectivity index (χ0) is 11.7. The first-order valence-corrected chi connectivity index (χ1v) is 5.09. The average Bonchev–Trinajstić information content (AvgIpc) is 2.63. The summed E-state index contributed by atoms with van der Waals surface area (Å²) >= 11 is 0. The van der Waals surface area contributed by atoms with Gasteiger partial charge in [-0.1, -0.05) is 12.1 Å². The normalized spacial score (nSPS) is 12.8. The molecule has 1 heterocycles. The fourth-order valence-electron chi connectivity index (χ4n) is 1.73. The highest BCUT2D eigenvalue weighted by Crippen LogP contribution is 2.22. The quantitative estimate of drug-likeness (QED) is 0.838. The Morgan fingerprint density at radius 2 is 2.12 bits per heavy atom. The van der Waals surface area contributed by atoms with Gasteiger partial charge < -0.3 is 5.73 Å². The van der Waals surface area contributed by atoms with Crippen molar-refractivity contribution >= 4 is 0 Å². The third-order valence-electron chi connectivity index (χ3n) is 2.67. The number of nitrogens with zero attached hydrogens (tertiary/aromatic N) is 2. The van der Waals surface area contributed by atoms with Crippen LogP contribution in [0.5, 0.6) is 0 Å². The molecule has 1 atom stereocenters. The molecule has 0 amide bonds. The molecule has 0 bridgehead atoms. The predicted octanol–water partition coefficient (Wildman–Crippen LogP) is 1.92. The van der Waals surface area contributed by atoms with E-state index >= 15 is 0 Å². The molecule has 0 saturated carbocycles. The van der Waals surface area contributed by atoms with E-state index < -0.39 is 6.04 Å². The molecule has 0 fully saturated rings. The van der Waals surface area contributed by atoms with Crippen molar-refractivity contribution in [2.24, 2.45) is 12.8 Å². The molecule has 2 N–H and O–H groups in total. The minimum atomic E-state index is -0.479. The maximum atomic E-state index is 13.7. The van der Waals surface area contributed by atoms with Gasteiger partial charge in [-0.25, -0.2) is 4.39 Å². The van der Waals surface area contributed by atoms with E-state index in [1.165, 1.54) is 6.07 Å². The van der Waals surface area contributed by atoms with Crippen LogP contribution in [0, 0.1) is 12.7 Å². The van der Waals surface area contributed by atoms with Crippen LogP contribution in [0.1, 0.15) is 22.9 Å². The number of rotatable bonds is 2. The van der Waals surface area contributed by atoms with Crippen molar-refractivity contribution in [1.29, 1.82) is 0 Å². The maximum absolute atomic E-state index is 13.7. The van der Waals surface area contributed by atoms with E-state index in [2.05, 4.69) is 5.10 Å². The highest BCUT2D eigenvalue weighted by atomic mass is 19.1. The molecule has 1 unspecified atom stereocenters. The van der Waals surface area contributed by atoms with Crippen molar-refractivity contribution in [1.82, 2.24) is 9.78 Å². The lowest BCUT2D eigenvalue weighted by Crippen LogP contribution is -2.17. The molecule has 4 heteroatoms. The average molecular weight is 219 g/mol. The second-order valence-electron chi connectivity index (χ2n) is 3.88. The number of aromatic nitrogens is 2. The third-order valence-corrected chi connectivity index (χ3v) is 2.67. The largest absolute Gasteiger partial charge is 0.319 e. The zero-order valence-corrected chi connectivity index (χ0v) is 9.31. The molecule has 1 aromatic heterocycles. The summed E-state index contributed by atoms with van der Waals surface area (Å²) in [4.78, 5) is 0. The SMILES string of the molecule is Cc1ccc(C(N)c2ccnn2C)c(F)c1. The highest BCUT2D eigenvalue weighted by Gasteiger charge is 2.16. The maximum Gasteiger partial charge on any atom is 0.128 e. The van der Waals surface area contributed by atoms with E-state index in [1.807, 2.05) is 13.0 Å². The second kappa shape index (κ2) is 4.06. The topological polar surface area (TPSA) is 43.8 Å². The van der Waals surface area contributed by atoms with E-state index in [1.54, 1.807) is 30.1 Å². The van der Waals surface area contributed by atoms with E-state index in [9.17, 15) is 4.39 Å². The Morgan fingerprint density at radius 1 is 1.38 bits per heavy atom. The summed E-state index contributed by atoms with van der Waals surface area (Å²) in [6.07, 6.45) is 1.65. The third kappa shape index (κ3) is 1.84. The van der Waals surface area contributed by atoms with Crippen LogP contribution in [0.15, 0.2) is 30.5 Å². The molecule has 84 valence electrons. The predicted molar refractivity (Wildman–Crippen MR) is 60.4 cm³/mol. The first kappa shape index (κ1) is 10.8. The highest BCUT2D eigenvalue weighted by molar-refractivity contribution is 5.31. The van der Waals surface area contributed by atoms with Crippen molar-refractivity contribution in [2.45, 2.75) is 13.0 Å². The summed E-state index contributed by atoms with van der Waals surface area (Å²) in [5.74, 6) is -0.270. The van der Waals surface area contributed by atoms with Gasteiger partial charge in [-0.05, 0) is 24.6 Å². The molecule has 16 heavy (non-hydrogen) atoms. The van der Waals surface area contributed by atoms with E-state index in [-0.39, 0.29) is 5.82 Å². The van der Waals surface area contributed by atoms with Crippen LogP contribution in [0.25, 0.3) is 0 Å². The van der Waals surface area contributed by atoms with E-state index in [0.29, 0.717) is 5.56 Å². The molecule has 2 rings (SSSR count). The van der Waals surface area contributed by atoms with Crippen LogP contribution in [-0.2, 0) is 7.05 Å². The van der Waals surface area contributed by atoms with Gasteiger partial charge in [-0.3, -0.25) is 4.68 Å². The van der Waals surface area contributed by atoms with Crippen molar-refractivity contribution in [3.05, 3.63) is 53.1 Å². The van der Waals surface area contributed by atoms with Crippen molar-refractivity contribution in [3.8, 4) is 0 Å². The Kier molecular flexibility index (Phi) is 2.75. The second-order valence-corrected chi connectivity index (χ2v) is 3.88. The van der Waals surface area contributed by atoms with Crippen molar-refractivity contribution in [3.63, 3.8) is 0 Å². The summed E-state index contributed by atoms with van der Waals surface area (Å²) in [7, 11) is 1.79. The number of hydrogen-bond acceptors (Lipinski definition) is 2. The van der Waals surface area contributed by atoms with Crippen LogP contribution in [-0.4, -0.2) is 9.78 Å². The molecule has 0 aliphatic carbocycles.